The van der Waals surface area contributed by atoms with Crippen LogP contribution in [0.15, 0.2) is 122 Å². The fourth-order valence-electron chi connectivity index (χ4n) is 7.44. The molecule has 0 saturated carbocycles. The molecule has 3 atom stereocenters. The molecule has 11 nitrogen and oxygen atoms in total. The number of carbonyl (C=O) groups excluding carboxylic acids is 3. The predicted molar refractivity (Wildman–Crippen MR) is 316 cm³/mol. The van der Waals surface area contributed by atoms with Crippen molar-refractivity contribution >= 4 is 25.7 Å². The Hall–Kier alpha value is -4.12. The molecule has 0 aromatic rings. The average molecular weight is 1080 g/mol. The van der Waals surface area contributed by atoms with Crippen LogP contribution in [0.3, 0.4) is 0 Å². The second-order valence-electron chi connectivity index (χ2n) is 19.0. The Morgan fingerprint density at radius 1 is 0.382 bits per heavy atom. The predicted octanol–water partition coefficient (Wildman–Crippen LogP) is 17.6. The largest absolute Gasteiger partial charge is 0.472 e. The zero-order chi connectivity index (χ0) is 55.5. The van der Waals surface area contributed by atoms with E-state index in [2.05, 4.69) is 130 Å². The lowest BCUT2D eigenvalue weighted by Crippen LogP contribution is -2.30. The fourth-order valence-corrected chi connectivity index (χ4v) is 8.22. The number of unbranched alkanes of at least 4 members (excludes halogenated alkanes) is 16. The summed E-state index contributed by atoms with van der Waals surface area (Å²) < 4.78 is 39.4. The molecule has 76 heavy (non-hydrogen) atoms. The molecule has 0 bridgehead atoms. The fraction of sp³-hybridized carbons (Fsp3) is 0.641. The van der Waals surface area contributed by atoms with Gasteiger partial charge < -0.3 is 24.2 Å². The van der Waals surface area contributed by atoms with Gasteiger partial charge in [0.05, 0.1) is 19.8 Å². The van der Waals surface area contributed by atoms with Crippen LogP contribution < -0.4 is 0 Å². The Balaban J connectivity index is 4.85. The molecule has 0 radical (unpaired) electrons. The van der Waals surface area contributed by atoms with Gasteiger partial charge in [-0.2, -0.15) is 0 Å². The summed E-state index contributed by atoms with van der Waals surface area (Å²) in [6, 6.07) is 0. The number of hydrogen-bond acceptors (Lipinski definition) is 10. The van der Waals surface area contributed by atoms with Gasteiger partial charge in [-0.1, -0.05) is 206 Å². The standard InChI is InChI=1S/C64H105O11P/c1-4-7-10-13-16-19-22-25-28-30-33-36-39-42-45-48-51-54-63(67)74-60(56-65)58-72-76(69,70)73-59-61(57-71-62(66)53-50-47-44-41-38-35-32-27-24-21-18-15-12-9-6-3)75-64(68)55-52-49-46-43-40-37-34-31-29-26-23-20-17-14-11-8-5-2/h8-9,11-12,17-18,20-21,25-29,32,34,37-38,41,43,46,60-61,65H,4-7,10,13-16,19,22-24,30-31,33,35-36,39-40,42,44-45,47-59H2,1-3H3,(H,69,70)/b11-8-,12-9-,20-17-,21-18-,28-25-,29-26-,32-27-,37-34-,41-38-,46-43-. The first-order valence-corrected chi connectivity index (χ1v) is 30.9. The molecule has 3 unspecified atom stereocenters. The monoisotopic (exact) mass is 1080 g/mol. The first-order chi connectivity index (χ1) is 37.2. The van der Waals surface area contributed by atoms with Gasteiger partial charge >= 0.3 is 25.7 Å². The van der Waals surface area contributed by atoms with Crippen LogP contribution in [0.4, 0.5) is 0 Å². The number of hydrogen-bond donors (Lipinski definition) is 2. The molecular formula is C64H105O11P. The van der Waals surface area contributed by atoms with E-state index in [9.17, 15) is 28.9 Å². The van der Waals surface area contributed by atoms with Crippen LogP contribution in [-0.4, -0.2) is 66.5 Å². The van der Waals surface area contributed by atoms with Crippen molar-refractivity contribution in [2.45, 2.75) is 238 Å². The van der Waals surface area contributed by atoms with E-state index >= 15 is 0 Å². The molecule has 2 N–H and O–H groups in total. The number of aliphatic hydroxyl groups is 1. The lowest BCUT2D eigenvalue weighted by molar-refractivity contribution is -0.161. The van der Waals surface area contributed by atoms with Crippen molar-refractivity contribution in [3.63, 3.8) is 0 Å². The summed E-state index contributed by atoms with van der Waals surface area (Å²) in [7, 11) is -4.78. The number of phosphoric acid groups is 1. The highest BCUT2D eigenvalue weighted by Gasteiger charge is 2.28. The minimum Gasteiger partial charge on any atom is -0.462 e. The SMILES string of the molecule is CC/C=C\C/C=C\C/C=C\C/C=C\C/C=C\CCCC(=O)OC(COC(=O)CCCC/C=C\C/C=C\C/C=C\C/C=C\CC)COP(=O)(O)OCC(CO)OC(=O)CCCCCCCCC/C=C\CCCCCCCC. The zero-order valence-electron chi connectivity index (χ0n) is 47.7. The van der Waals surface area contributed by atoms with Crippen molar-refractivity contribution in [3.05, 3.63) is 122 Å². The summed E-state index contributed by atoms with van der Waals surface area (Å²) in [4.78, 5) is 48.6. The van der Waals surface area contributed by atoms with Gasteiger partial charge in [0.2, 0.25) is 0 Å². The van der Waals surface area contributed by atoms with Gasteiger partial charge in [0.15, 0.2) is 6.10 Å². The molecule has 0 spiro atoms. The first kappa shape index (κ1) is 71.9. The van der Waals surface area contributed by atoms with E-state index in [0.717, 1.165) is 103 Å². The van der Waals surface area contributed by atoms with Crippen molar-refractivity contribution in [1.82, 2.24) is 0 Å². The summed E-state index contributed by atoms with van der Waals surface area (Å²) in [5.74, 6) is -1.60. The van der Waals surface area contributed by atoms with Crippen LogP contribution in [0, 0.1) is 0 Å². The van der Waals surface area contributed by atoms with Gasteiger partial charge in [-0.05, 0) is 122 Å². The van der Waals surface area contributed by atoms with E-state index in [1.54, 1.807) is 0 Å². The summed E-state index contributed by atoms with van der Waals surface area (Å²) in [5, 5.41) is 9.83. The number of aliphatic hydroxyl groups excluding tert-OH is 1. The maximum atomic E-state index is 12.9. The topological polar surface area (TPSA) is 155 Å². The number of carbonyl (C=O) groups is 3. The molecule has 0 aromatic heterocycles. The van der Waals surface area contributed by atoms with Gasteiger partial charge in [-0.3, -0.25) is 23.4 Å². The second-order valence-corrected chi connectivity index (χ2v) is 20.5. The van der Waals surface area contributed by atoms with Gasteiger partial charge in [-0.15, -0.1) is 0 Å². The third-order valence-electron chi connectivity index (χ3n) is 11.8. The second kappa shape index (κ2) is 57.1. The molecule has 0 aromatic carbocycles. The Kier molecular flexibility index (Phi) is 54.0. The molecule has 0 heterocycles. The summed E-state index contributed by atoms with van der Waals surface area (Å²) in [5.41, 5.74) is 0. The smallest absolute Gasteiger partial charge is 0.462 e. The minimum absolute atomic E-state index is 0.0738. The van der Waals surface area contributed by atoms with E-state index in [1.807, 2.05) is 12.2 Å². The third-order valence-corrected chi connectivity index (χ3v) is 12.8. The summed E-state index contributed by atoms with van der Waals surface area (Å²) in [6.07, 6.45) is 70.2. The van der Waals surface area contributed by atoms with Gasteiger partial charge in [0.25, 0.3) is 0 Å². The van der Waals surface area contributed by atoms with Gasteiger partial charge in [0, 0.05) is 19.3 Å². The average Bonchev–Trinajstić information content (AvgIpc) is 3.41. The van der Waals surface area contributed by atoms with Crippen LogP contribution in [0.25, 0.3) is 0 Å². The highest BCUT2D eigenvalue weighted by molar-refractivity contribution is 7.47. The van der Waals surface area contributed by atoms with E-state index < -0.39 is 57.8 Å². The molecule has 0 saturated heterocycles. The van der Waals surface area contributed by atoms with Crippen molar-refractivity contribution in [1.29, 1.82) is 0 Å². The summed E-state index contributed by atoms with van der Waals surface area (Å²) in [6.45, 7) is 4.29. The maximum Gasteiger partial charge on any atom is 0.472 e. The number of phosphoric ester groups is 1. The Morgan fingerprint density at radius 3 is 1.14 bits per heavy atom. The minimum atomic E-state index is -4.78. The third kappa shape index (κ3) is 54.7. The molecular weight excluding hydrogens is 976 g/mol. The molecule has 0 rings (SSSR count). The number of ether oxygens (including phenoxy) is 3. The van der Waals surface area contributed by atoms with Crippen LogP contribution in [-0.2, 0) is 42.2 Å². The molecule has 0 aliphatic rings. The molecule has 0 fully saturated rings. The lowest BCUT2D eigenvalue weighted by atomic mass is 10.1. The normalized spacial score (nSPS) is 14.2. The van der Waals surface area contributed by atoms with Crippen molar-refractivity contribution in [2.75, 3.05) is 26.4 Å². The van der Waals surface area contributed by atoms with Crippen molar-refractivity contribution < 1.29 is 52.2 Å². The van der Waals surface area contributed by atoms with E-state index in [4.69, 9.17) is 23.3 Å². The highest BCUT2D eigenvalue weighted by atomic mass is 31.2. The first-order valence-electron chi connectivity index (χ1n) is 29.4. The maximum absolute atomic E-state index is 12.9. The lowest BCUT2D eigenvalue weighted by Gasteiger charge is -2.21. The Bertz CT molecular complexity index is 1740. The van der Waals surface area contributed by atoms with Crippen LogP contribution in [0.1, 0.15) is 226 Å². The molecule has 0 aliphatic carbocycles. The van der Waals surface area contributed by atoms with Gasteiger partial charge in [-0.25, -0.2) is 4.57 Å². The molecule has 0 amide bonds. The number of esters is 3. The Morgan fingerprint density at radius 2 is 0.697 bits per heavy atom. The van der Waals surface area contributed by atoms with E-state index in [0.29, 0.717) is 25.7 Å². The number of allylic oxidation sites excluding steroid dienone is 20. The number of rotatable bonds is 53. The van der Waals surface area contributed by atoms with Crippen molar-refractivity contribution in [3.8, 4) is 0 Å². The zero-order valence-corrected chi connectivity index (χ0v) is 48.6. The van der Waals surface area contributed by atoms with Crippen LogP contribution in [0.2, 0.25) is 0 Å². The van der Waals surface area contributed by atoms with E-state index in [1.165, 1.54) is 57.8 Å². The van der Waals surface area contributed by atoms with Crippen molar-refractivity contribution in [2.24, 2.45) is 0 Å². The molecule has 432 valence electrons. The summed E-state index contributed by atoms with van der Waals surface area (Å²) >= 11 is 0. The molecule has 0 aliphatic heterocycles. The van der Waals surface area contributed by atoms with E-state index in [-0.39, 0.29) is 25.9 Å². The van der Waals surface area contributed by atoms with Crippen LogP contribution in [0.5, 0.6) is 0 Å². The quantitative estimate of drug-likeness (QED) is 0.0197. The Labute approximate surface area is 462 Å². The van der Waals surface area contributed by atoms with Crippen LogP contribution >= 0.6 is 7.82 Å². The van der Waals surface area contributed by atoms with Gasteiger partial charge in [0.1, 0.15) is 12.7 Å². The molecule has 12 heteroatoms. The highest BCUT2D eigenvalue weighted by Crippen LogP contribution is 2.43.